The maximum absolute atomic E-state index is 13.0. The summed E-state index contributed by atoms with van der Waals surface area (Å²) in [7, 11) is 0. The van der Waals surface area contributed by atoms with E-state index in [1.165, 1.54) is 6.07 Å². The van der Waals surface area contributed by atoms with E-state index in [9.17, 15) is 9.50 Å². The number of hydrogen-bond acceptors (Lipinski definition) is 3. The van der Waals surface area contributed by atoms with Crippen LogP contribution in [0.15, 0.2) is 18.2 Å². The zero-order chi connectivity index (χ0) is 13.4. The standard InChI is InChI=1S/C14H22FNO2/c1-11(2)18-6-4-3-5-16-10-12-7-13(15)9-14(17)8-12/h7-9,11,16-17H,3-6,10H2,1-2H3. The molecule has 0 saturated carbocycles. The van der Waals surface area contributed by atoms with Gasteiger partial charge in [0.05, 0.1) is 6.10 Å². The largest absolute Gasteiger partial charge is 0.508 e. The molecule has 0 fully saturated rings. The Hall–Kier alpha value is -1.13. The fraction of sp³-hybridized carbons (Fsp3) is 0.571. The first kappa shape index (κ1) is 14.9. The van der Waals surface area contributed by atoms with Crippen LogP contribution in [0.2, 0.25) is 0 Å². The van der Waals surface area contributed by atoms with Gasteiger partial charge >= 0.3 is 0 Å². The van der Waals surface area contributed by atoms with E-state index in [-0.39, 0.29) is 11.9 Å². The second kappa shape index (κ2) is 8.06. The lowest BCUT2D eigenvalue weighted by molar-refractivity contribution is 0.0760. The van der Waals surface area contributed by atoms with Crippen molar-refractivity contribution in [3.05, 3.63) is 29.6 Å². The summed E-state index contributed by atoms with van der Waals surface area (Å²) in [5.41, 5.74) is 0.755. The fourth-order valence-electron chi connectivity index (χ4n) is 1.64. The van der Waals surface area contributed by atoms with Crippen LogP contribution in [0.1, 0.15) is 32.3 Å². The molecule has 1 aromatic carbocycles. The molecular weight excluding hydrogens is 233 g/mol. The summed E-state index contributed by atoms with van der Waals surface area (Å²) in [6.45, 7) is 6.25. The minimum Gasteiger partial charge on any atom is -0.508 e. The maximum Gasteiger partial charge on any atom is 0.127 e. The molecule has 0 atom stereocenters. The van der Waals surface area contributed by atoms with Gasteiger partial charge in [-0.25, -0.2) is 4.39 Å². The number of ether oxygens (including phenoxy) is 1. The topological polar surface area (TPSA) is 41.5 Å². The summed E-state index contributed by atoms with van der Waals surface area (Å²) >= 11 is 0. The molecule has 0 unspecified atom stereocenters. The molecule has 2 N–H and O–H groups in total. The Morgan fingerprint density at radius 1 is 1.28 bits per heavy atom. The average Bonchev–Trinajstić information content (AvgIpc) is 2.26. The van der Waals surface area contributed by atoms with Gasteiger partial charge < -0.3 is 15.2 Å². The van der Waals surface area contributed by atoms with E-state index in [1.54, 1.807) is 6.07 Å². The van der Waals surface area contributed by atoms with E-state index >= 15 is 0 Å². The fourth-order valence-corrected chi connectivity index (χ4v) is 1.64. The molecule has 4 heteroatoms. The van der Waals surface area contributed by atoms with Crippen LogP contribution in [0, 0.1) is 5.82 Å². The molecule has 3 nitrogen and oxygen atoms in total. The maximum atomic E-state index is 13.0. The van der Waals surface area contributed by atoms with Gasteiger partial charge in [-0.2, -0.15) is 0 Å². The van der Waals surface area contributed by atoms with Crippen LogP contribution in [0.5, 0.6) is 5.75 Å². The normalized spacial score (nSPS) is 11.1. The van der Waals surface area contributed by atoms with E-state index in [2.05, 4.69) is 5.32 Å². The second-order valence-electron chi connectivity index (χ2n) is 4.62. The molecular formula is C14H22FNO2. The molecule has 102 valence electrons. The van der Waals surface area contributed by atoms with Gasteiger partial charge in [0.15, 0.2) is 0 Å². The number of rotatable bonds is 8. The van der Waals surface area contributed by atoms with Gasteiger partial charge in [0.25, 0.3) is 0 Å². The number of phenolic OH excluding ortho intramolecular Hbond substituents is 1. The molecule has 0 bridgehead atoms. The monoisotopic (exact) mass is 255 g/mol. The Morgan fingerprint density at radius 3 is 2.72 bits per heavy atom. The minimum absolute atomic E-state index is 0.0304. The van der Waals surface area contributed by atoms with Crippen molar-refractivity contribution >= 4 is 0 Å². The quantitative estimate of drug-likeness (QED) is 0.702. The van der Waals surface area contributed by atoms with Gasteiger partial charge in [-0.1, -0.05) is 0 Å². The number of nitrogens with one attached hydrogen (secondary N) is 1. The van der Waals surface area contributed by atoms with Crippen molar-refractivity contribution < 1.29 is 14.2 Å². The minimum atomic E-state index is -0.405. The number of benzene rings is 1. The highest BCUT2D eigenvalue weighted by Crippen LogP contribution is 2.14. The predicted molar refractivity (Wildman–Crippen MR) is 70.1 cm³/mol. The van der Waals surface area contributed by atoms with Crippen LogP contribution < -0.4 is 5.32 Å². The van der Waals surface area contributed by atoms with E-state index in [1.807, 2.05) is 13.8 Å². The van der Waals surface area contributed by atoms with Gasteiger partial charge in [0.2, 0.25) is 0 Å². The first-order valence-corrected chi connectivity index (χ1v) is 6.38. The smallest absolute Gasteiger partial charge is 0.127 e. The molecule has 1 rings (SSSR count). The highest BCUT2D eigenvalue weighted by Gasteiger charge is 1.99. The van der Waals surface area contributed by atoms with Crippen LogP contribution >= 0.6 is 0 Å². The molecule has 0 radical (unpaired) electrons. The summed E-state index contributed by atoms with van der Waals surface area (Å²) in [6, 6.07) is 4.10. The first-order valence-electron chi connectivity index (χ1n) is 6.38. The van der Waals surface area contributed by atoms with Crippen LogP contribution in [0.3, 0.4) is 0 Å². The lowest BCUT2D eigenvalue weighted by atomic mass is 10.2. The highest BCUT2D eigenvalue weighted by atomic mass is 19.1. The zero-order valence-corrected chi connectivity index (χ0v) is 11.1. The van der Waals surface area contributed by atoms with Crippen molar-refractivity contribution in [2.45, 2.75) is 39.3 Å². The molecule has 0 heterocycles. The average molecular weight is 255 g/mol. The molecule has 0 amide bonds. The molecule has 0 aliphatic carbocycles. The Morgan fingerprint density at radius 2 is 2.06 bits per heavy atom. The summed E-state index contributed by atoms with van der Waals surface area (Å²) in [4.78, 5) is 0. The Labute approximate surface area is 108 Å². The van der Waals surface area contributed by atoms with Gasteiger partial charge in [-0.15, -0.1) is 0 Å². The van der Waals surface area contributed by atoms with Gasteiger partial charge in [0.1, 0.15) is 11.6 Å². The molecule has 0 saturated heterocycles. The second-order valence-corrected chi connectivity index (χ2v) is 4.62. The summed E-state index contributed by atoms with van der Waals surface area (Å²) in [5.74, 6) is -0.436. The van der Waals surface area contributed by atoms with Crippen molar-refractivity contribution in [3.63, 3.8) is 0 Å². The van der Waals surface area contributed by atoms with Crippen LogP contribution in [0.25, 0.3) is 0 Å². The lowest BCUT2D eigenvalue weighted by Gasteiger charge is -2.08. The lowest BCUT2D eigenvalue weighted by Crippen LogP contribution is -2.15. The van der Waals surface area contributed by atoms with Crippen molar-refractivity contribution in [2.75, 3.05) is 13.2 Å². The number of hydrogen-bond donors (Lipinski definition) is 2. The van der Waals surface area contributed by atoms with E-state index in [0.717, 1.165) is 37.6 Å². The molecule has 0 aliphatic rings. The van der Waals surface area contributed by atoms with Crippen LogP contribution in [0.4, 0.5) is 4.39 Å². The van der Waals surface area contributed by atoms with E-state index in [4.69, 9.17) is 4.74 Å². The SMILES string of the molecule is CC(C)OCCCCNCc1cc(O)cc(F)c1. The molecule has 0 spiro atoms. The van der Waals surface area contributed by atoms with E-state index < -0.39 is 5.82 Å². The van der Waals surface area contributed by atoms with Gasteiger partial charge in [-0.3, -0.25) is 0 Å². The number of phenols is 1. The van der Waals surface area contributed by atoms with E-state index in [0.29, 0.717) is 6.54 Å². The molecule has 0 aromatic heterocycles. The third-order valence-corrected chi connectivity index (χ3v) is 2.47. The summed E-state index contributed by atoms with van der Waals surface area (Å²) in [6.07, 6.45) is 2.32. The number of aromatic hydroxyl groups is 1. The Balaban J connectivity index is 2.10. The van der Waals surface area contributed by atoms with Gasteiger partial charge in [0, 0.05) is 19.2 Å². The summed E-state index contributed by atoms with van der Waals surface area (Å²) < 4.78 is 18.4. The first-order chi connectivity index (χ1) is 8.58. The Bertz CT molecular complexity index is 335. The van der Waals surface area contributed by atoms with Crippen LogP contribution in [-0.2, 0) is 11.3 Å². The van der Waals surface area contributed by atoms with Crippen molar-refractivity contribution in [1.29, 1.82) is 0 Å². The predicted octanol–water partition coefficient (Wildman–Crippen LogP) is 2.83. The van der Waals surface area contributed by atoms with Crippen molar-refractivity contribution in [2.24, 2.45) is 0 Å². The zero-order valence-electron chi connectivity index (χ0n) is 11.1. The van der Waals surface area contributed by atoms with Gasteiger partial charge in [-0.05, 0) is 50.9 Å². The van der Waals surface area contributed by atoms with Crippen molar-refractivity contribution in [3.8, 4) is 5.75 Å². The third kappa shape index (κ3) is 6.57. The van der Waals surface area contributed by atoms with Crippen molar-refractivity contribution in [1.82, 2.24) is 5.32 Å². The highest BCUT2D eigenvalue weighted by molar-refractivity contribution is 5.28. The summed E-state index contributed by atoms with van der Waals surface area (Å²) in [5, 5.41) is 12.4. The Kier molecular flexibility index (Phi) is 6.68. The molecule has 18 heavy (non-hydrogen) atoms. The van der Waals surface area contributed by atoms with Crippen LogP contribution in [-0.4, -0.2) is 24.4 Å². The number of halogens is 1. The third-order valence-electron chi connectivity index (χ3n) is 2.47. The molecule has 0 aliphatic heterocycles. The molecule has 1 aromatic rings. The number of unbranched alkanes of at least 4 members (excludes halogenated alkanes) is 1.